The van der Waals surface area contributed by atoms with Gasteiger partial charge >= 0.3 is 5.76 Å². The third-order valence-electron chi connectivity index (χ3n) is 4.20. The zero-order valence-corrected chi connectivity index (χ0v) is 17.4. The number of carbonyl (C=O) groups is 1. The van der Waals surface area contributed by atoms with Gasteiger partial charge in [-0.05, 0) is 18.2 Å². The lowest BCUT2D eigenvalue weighted by Gasteiger charge is -2.08. The average Bonchev–Trinajstić information content (AvgIpc) is 3.12. The van der Waals surface area contributed by atoms with Gasteiger partial charge in [0, 0.05) is 11.8 Å². The molecule has 1 amide bonds. The summed E-state index contributed by atoms with van der Waals surface area (Å²) in [5, 5.41) is 26.9. The molecule has 1 heterocycles. The number of hydrogen-bond acceptors (Lipinski definition) is 9. The van der Waals surface area contributed by atoms with E-state index in [2.05, 4.69) is 10.4 Å². The Hall–Kier alpha value is -4.37. The van der Waals surface area contributed by atoms with Crippen molar-refractivity contribution >= 4 is 28.9 Å². The van der Waals surface area contributed by atoms with Gasteiger partial charge in [-0.3, -0.25) is 14.9 Å². The minimum absolute atomic E-state index is 0.102. The van der Waals surface area contributed by atoms with E-state index < -0.39 is 28.8 Å². The normalized spacial score (nSPS) is 10.3. The molecule has 1 aromatic heterocycles. The lowest BCUT2D eigenvalue weighted by Crippen LogP contribution is -2.25. The maximum atomic E-state index is 12.3. The monoisotopic (exact) mass is 459 g/mol. The van der Waals surface area contributed by atoms with Crippen molar-refractivity contribution in [1.82, 2.24) is 9.78 Å². The second-order valence-electron chi connectivity index (χ2n) is 6.17. The predicted molar refractivity (Wildman–Crippen MR) is 111 cm³/mol. The van der Waals surface area contributed by atoms with Crippen molar-refractivity contribution in [1.29, 1.82) is 5.26 Å². The molecule has 0 radical (unpaired) electrons. The molecule has 0 fully saturated rings. The van der Waals surface area contributed by atoms with Crippen molar-refractivity contribution < 1.29 is 23.6 Å². The first-order chi connectivity index (χ1) is 15.3. The number of aromatic nitrogens is 2. The first-order valence-corrected chi connectivity index (χ1v) is 9.13. The van der Waals surface area contributed by atoms with Crippen LogP contribution in [0, 0.1) is 21.4 Å². The molecule has 1 N–H and O–H groups in total. The van der Waals surface area contributed by atoms with Crippen LogP contribution in [-0.4, -0.2) is 34.8 Å². The molecule has 13 heteroatoms. The molecule has 12 nitrogen and oxygen atoms in total. The highest BCUT2D eigenvalue weighted by Gasteiger charge is 2.25. The van der Waals surface area contributed by atoms with Gasteiger partial charge in [-0.15, -0.1) is 5.10 Å². The van der Waals surface area contributed by atoms with Gasteiger partial charge in [0.25, 0.3) is 11.6 Å². The molecule has 0 bridgehead atoms. The van der Waals surface area contributed by atoms with E-state index in [0.29, 0.717) is 10.4 Å². The highest BCUT2D eigenvalue weighted by molar-refractivity contribution is 6.32. The molecule has 0 aliphatic carbocycles. The van der Waals surface area contributed by atoms with Crippen molar-refractivity contribution in [3.8, 4) is 29.0 Å². The molecule has 0 unspecified atom stereocenters. The standard InChI is InChI=1S/C19H14ClN5O7/c1-30-15-6-12(14(25(28)29)7-16(15)31-2)18-23-24(19(27)32-18)9-17(26)22-11-4-3-10(8-21)13(20)5-11/h3-7H,9H2,1-2H3,(H,22,26). The molecular formula is C19H14ClN5O7. The van der Waals surface area contributed by atoms with Gasteiger partial charge in [0.2, 0.25) is 5.91 Å². The van der Waals surface area contributed by atoms with E-state index >= 15 is 0 Å². The number of halogens is 1. The number of rotatable bonds is 7. The Morgan fingerprint density at radius 2 is 2.00 bits per heavy atom. The Labute approximate surface area is 184 Å². The number of benzene rings is 2. The van der Waals surface area contributed by atoms with Gasteiger partial charge < -0.3 is 19.2 Å². The van der Waals surface area contributed by atoms with Crippen LogP contribution in [0.2, 0.25) is 5.02 Å². The summed E-state index contributed by atoms with van der Waals surface area (Å²) in [6.45, 7) is -0.541. The van der Waals surface area contributed by atoms with Crippen molar-refractivity contribution in [2.45, 2.75) is 6.54 Å². The van der Waals surface area contributed by atoms with Crippen molar-refractivity contribution in [3.05, 3.63) is 61.6 Å². The van der Waals surface area contributed by atoms with Gasteiger partial charge in [-0.25, -0.2) is 4.79 Å². The number of nitrogens with one attached hydrogen (secondary N) is 1. The van der Waals surface area contributed by atoms with Crippen LogP contribution in [0.1, 0.15) is 5.56 Å². The Kier molecular flexibility index (Phi) is 6.41. The summed E-state index contributed by atoms with van der Waals surface area (Å²) in [6, 6.07) is 8.51. The zero-order valence-electron chi connectivity index (χ0n) is 16.6. The average molecular weight is 460 g/mol. The molecule has 3 rings (SSSR count). The minimum Gasteiger partial charge on any atom is -0.493 e. The first kappa shape index (κ1) is 22.3. The molecule has 0 saturated carbocycles. The summed E-state index contributed by atoms with van der Waals surface area (Å²) in [5.74, 6) is -1.77. The van der Waals surface area contributed by atoms with E-state index in [1.54, 1.807) is 0 Å². The fraction of sp³-hybridized carbons (Fsp3) is 0.158. The number of methoxy groups -OCH3 is 2. The molecular weight excluding hydrogens is 446 g/mol. The van der Waals surface area contributed by atoms with Crippen LogP contribution < -0.4 is 20.5 Å². The van der Waals surface area contributed by atoms with Crippen LogP contribution in [0.4, 0.5) is 11.4 Å². The van der Waals surface area contributed by atoms with Gasteiger partial charge in [-0.1, -0.05) is 11.6 Å². The number of nitriles is 1. The maximum Gasteiger partial charge on any atom is 0.437 e. The number of ether oxygens (including phenoxy) is 2. The zero-order chi connectivity index (χ0) is 23.4. The lowest BCUT2D eigenvalue weighted by atomic mass is 10.1. The molecule has 0 aliphatic heterocycles. The molecule has 0 spiro atoms. The van der Waals surface area contributed by atoms with E-state index in [1.165, 1.54) is 38.5 Å². The van der Waals surface area contributed by atoms with Crippen LogP contribution in [0.3, 0.4) is 0 Å². The largest absolute Gasteiger partial charge is 0.493 e. The second-order valence-corrected chi connectivity index (χ2v) is 6.57. The number of nitrogens with zero attached hydrogens (tertiary/aromatic N) is 4. The maximum absolute atomic E-state index is 12.3. The fourth-order valence-electron chi connectivity index (χ4n) is 2.73. The quantitative estimate of drug-likeness (QED) is 0.413. The molecule has 2 aromatic carbocycles. The number of nitro benzene ring substituents is 1. The lowest BCUT2D eigenvalue weighted by molar-refractivity contribution is -0.384. The van der Waals surface area contributed by atoms with E-state index in [9.17, 15) is 19.7 Å². The summed E-state index contributed by atoms with van der Waals surface area (Å²) in [5.41, 5.74) is -0.0413. The van der Waals surface area contributed by atoms with Crippen LogP contribution in [0.5, 0.6) is 11.5 Å². The van der Waals surface area contributed by atoms with E-state index in [1.807, 2.05) is 6.07 Å². The van der Waals surface area contributed by atoms with E-state index in [-0.39, 0.29) is 33.5 Å². The third kappa shape index (κ3) is 4.52. The van der Waals surface area contributed by atoms with Gasteiger partial charge in [0.05, 0.1) is 35.8 Å². The number of anilines is 1. The van der Waals surface area contributed by atoms with Gasteiger partial charge in [0.15, 0.2) is 11.5 Å². The molecule has 0 aliphatic rings. The van der Waals surface area contributed by atoms with Crippen LogP contribution in [0.15, 0.2) is 39.5 Å². The molecule has 3 aromatic rings. The molecule has 164 valence electrons. The van der Waals surface area contributed by atoms with Crippen LogP contribution in [-0.2, 0) is 11.3 Å². The van der Waals surface area contributed by atoms with Crippen LogP contribution in [0.25, 0.3) is 11.5 Å². The van der Waals surface area contributed by atoms with Gasteiger partial charge in [-0.2, -0.15) is 9.94 Å². The SMILES string of the molecule is COc1cc(-c2nn(CC(=O)Nc3ccc(C#N)c(Cl)c3)c(=O)o2)c([N+](=O)[O-])cc1OC. The Balaban J connectivity index is 1.89. The smallest absolute Gasteiger partial charge is 0.437 e. The molecule has 0 saturated heterocycles. The number of carbonyl (C=O) groups excluding carboxylic acids is 1. The Morgan fingerprint density at radius 1 is 1.31 bits per heavy atom. The summed E-state index contributed by atoms with van der Waals surface area (Å²) in [7, 11) is 2.65. The highest BCUT2D eigenvalue weighted by Crippen LogP contribution is 2.38. The fourth-order valence-corrected chi connectivity index (χ4v) is 2.95. The Morgan fingerprint density at radius 3 is 2.59 bits per heavy atom. The van der Waals surface area contributed by atoms with E-state index in [0.717, 1.165) is 6.07 Å². The topological polar surface area (TPSA) is 163 Å². The number of hydrogen-bond donors (Lipinski definition) is 1. The van der Waals surface area contributed by atoms with Gasteiger partial charge in [0.1, 0.15) is 18.2 Å². The second kappa shape index (κ2) is 9.19. The Bertz CT molecular complexity index is 1310. The summed E-state index contributed by atoms with van der Waals surface area (Å²) in [4.78, 5) is 35.2. The number of nitro groups is 1. The summed E-state index contributed by atoms with van der Waals surface area (Å²) >= 11 is 5.93. The van der Waals surface area contributed by atoms with Crippen molar-refractivity contribution in [2.24, 2.45) is 0 Å². The summed E-state index contributed by atoms with van der Waals surface area (Å²) < 4.78 is 15.9. The summed E-state index contributed by atoms with van der Waals surface area (Å²) in [6.07, 6.45) is 0. The predicted octanol–water partition coefficient (Wildman–Crippen LogP) is 2.59. The minimum atomic E-state index is -1.00. The first-order valence-electron chi connectivity index (χ1n) is 8.75. The van der Waals surface area contributed by atoms with Crippen LogP contribution >= 0.6 is 11.6 Å². The molecule has 0 atom stereocenters. The third-order valence-corrected chi connectivity index (χ3v) is 4.51. The van der Waals surface area contributed by atoms with Crippen molar-refractivity contribution in [2.75, 3.05) is 19.5 Å². The van der Waals surface area contributed by atoms with E-state index in [4.69, 9.17) is 30.8 Å². The molecule has 32 heavy (non-hydrogen) atoms. The highest BCUT2D eigenvalue weighted by atomic mass is 35.5. The number of amides is 1. The van der Waals surface area contributed by atoms with Crippen molar-refractivity contribution in [3.63, 3.8) is 0 Å².